The van der Waals surface area contributed by atoms with Gasteiger partial charge in [-0.15, -0.1) is 11.3 Å². The van der Waals surface area contributed by atoms with Crippen LogP contribution in [0.4, 0.5) is 4.79 Å². The number of hydrogen-bond acceptors (Lipinski definition) is 5. The number of thiophene rings is 1. The predicted molar refractivity (Wildman–Crippen MR) is 83.6 cm³/mol. The van der Waals surface area contributed by atoms with Crippen LogP contribution < -0.4 is 0 Å². The number of ether oxygens (including phenoxy) is 1. The van der Waals surface area contributed by atoms with Gasteiger partial charge in [-0.2, -0.15) is 11.8 Å². The van der Waals surface area contributed by atoms with Gasteiger partial charge in [-0.25, -0.2) is 4.79 Å². The van der Waals surface area contributed by atoms with Gasteiger partial charge in [0, 0.05) is 29.0 Å². The van der Waals surface area contributed by atoms with Gasteiger partial charge in [0.1, 0.15) is 13.2 Å². The lowest BCUT2D eigenvalue weighted by Crippen LogP contribution is -2.41. The van der Waals surface area contributed by atoms with E-state index in [4.69, 9.17) is 4.74 Å². The molecule has 2 saturated heterocycles. The first-order valence-corrected chi connectivity index (χ1v) is 9.01. The van der Waals surface area contributed by atoms with Crippen LogP contribution in [0.1, 0.15) is 16.5 Å². The molecule has 0 aromatic carbocycles. The van der Waals surface area contributed by atoms with Crippen molar-refractivity contribution in [2.45, 2.75) is 11.7 Å². The highest BCUT2D eigenvalue weighted by Gasteiger charge is 2.28. The van der Waals surface area contributed by atoms with Crippen LogP contribution in [0.2, 0.25) is 0 Å². The Morgan fingerprint density at radius 3 is 3.00 bits per heavy atom. The second kappa shape index (κ2) is 6.70. The van der Waals surface area contributed by atoms with Gasteiger partial charge < -0.3 is 9.64 Å². The number of cyclic esters (lactones) is 1. The highest BCUT2D eigenvalue weighted by Crippen LogP contribution is 2.36. The minimum atomic E-state index is -0.371. The van der Waals surface area contributed by atoms with Crippen LogP contribution in [-0.2, 0) is 9.53 Å². The second-order valence-electron chi connectivity index (χ2n) is 5.08. The van der Waals surface area contributed by atoms with Crippen LogP contribution in [-0.4, -0.2) is 60.3 Å². The van der Waals surface area contributed by atoms with Crippen molar-refractivity contribution in [2.24, 2.45) is 0 Å². The molecule has 3 heterocycles. The molecule has 7 heteroatoms. The van der Waals surface area contributed by atoms with Crippen molar-refractivity contribution in [3.05, 3.63) is 22.4 Å². The lowest BCUT2D eigenvalue weighted by molar-refractivity contribution is -0.131. The monoisotopic (exact) mass is 326 g/mol. The number of nitrogens with zero attached hydrogens (tertiary/aromatic N) is 2. The van der Waals surface area contributed by atoms with Gasteiger partial charge in [0.25, 0.3) is 0 Å². The van der Waals surface area contributed by atoms with E-state index < -0.39 is 0 Å². The molecular formula is C14H18N2O3S2. The van der Waals surface area contributed by atoms with Gasteiger partial charge in [-0.1, -0.05) is 6.07 Å². The van der Waals surface area contributed by atoms with Crippen LogP contribution >= 0.6 is 23.1 Å². The topological polar surface area (TPSA) is 49.9 Å². The Morgan fingerprint density at radius 1 is 1.38 bits per heavy atom. The Morgan fingerprint density at radius 2 is 2.29 bits per heavy atom. The first-order chi connectivity index (χ1) is 10.2. The van der Waals surface area contributed by atoms with Gasteiger partial charge in [0.2, 0.25) is 5.91 Å². The lowest BCUT2D eigenvalue weighted by atomic mass is 10.2. The fraction of sp³-hybridized carbons (Fsp3) is 0.571. The molecule has 5 nitrogen and oxygen atoms in total. The molecule has 114 valence electrons. The van der Waals surface area contributed by atoms with E-state index in [2.05, 4.69) is 17.5 Å². The molecule has 0 spiro atoms. The standard InChI is InChI=1S/C14H18N2O3S2/c17-13(10-16-5-7-19-14(16)18)15-4-3-12(21-9-6-15)11-2-1-8-20-11/h1-2,8,12H,3-7,9-10H2. The Balaban J connectivity index is 1.54. The van der Waals surface area contributed by atoms with Crippen molar-refractivity contribution in [1.82, 2.24) is 9.80 Å². The summed E-state index contributed by atoms with van der Waals surface area (Å²) in [6.07, 6.45) is 0.602. The average Bonchev–Trinajstić information content (AvgIpc) is 3.07. The number of carbonyl (C=O) groups excluding carboxylic acids is 2. The average molecular weight is 326 g/mol. The summed E-state index contributed by atoms with van der Waals surface area (Å²) in [6, 6.07) is 4.24. The Hall–Kier alpha value is -1.21. The van der Waals surface area contributed by atoms with Crippen molar-refractivity contribution < 1.29 is 14.3 Å². The number of thioether (sulfide) groups is 1. The van der Waals surface area contributed by atoms with E-state index in [1.54, 1.807) is 11.3 Å². The summed E-state index contributed by atoms with van der Waals surface area (Å²) in [7, 11) is 0. The molecule has 0 radical (unpaired) electrons. The largest absolute Gasteiger partial charge is 0.448 e. The second-order valence-corrected chi connectivity index (χ2v) is 7.37. The van der Waals surface area contributed by atoms with Crippen LogP contribution in [0, 0.1) is 0 Å². The zero-order valence-corrected chi connectivity index (χ0v) is 13.3. The molecule has 1 aromatic rings. The summed E-state index contributed by atoms with van der Waals surface area (Å²) >= 11 is 3.70. The summed E-state index contributed by atoms with van der Waals surface area (Å²) in [6.45, 7) is 2.58. The summed E-state index contributed by atoms with van der Waals surface area (Å²) in [5.74, 6) is 0.972. The number of carbonyl (C=O) groups is 2. The molecule has 0 N–H and O–H groups in total. The molecule has 3 rings (SSSR count). The highest BCUT2D eigenvalue weighted by atomic mass is 32.2. The maximum Gasteiger partial charge on any atom is 0.410 e. The van der Waals surface area contributed by atoms with Crippen molar-refractivity contribution in [1.29, 1.82) is 0 Å². The van der Waals surface area contributed by atoms with Crippen LogP contribution in [0.15, 0.2) is 17.5 Å². The van der Waals surface area contributed by atoms with E-state index in [1.807, 2.05) is 16.7 Å². The summed E-state index contributed by atoms with van der Waals surface area (Å²) in [5.41, 5.74) is 0. The quantitative estimate of drug-likeness (QED) is 0.854. The van der Waals surface area contributed by atoms with Crippen molar-refractivity contribution in [3.8, 4) is 0 Å². The van der Waals surface area contributed by atoms with Crippen LogP contribution in [0.25, 0.3) is 0 Å². The van der Waals surface area contributed by atoms with E-state index in [0.29, 0.717) is 18.4 Å². The van der Waals surface area contributed by atoms with Gasteiger partial charge in [0.05, 0.1) is 6.54 Å². The first kappa shape index (κ1) is 14.7. The maximum absolute atomic E-state index is 12.3. The molecular weight excluding hydrogens is 308 g/mol. The molecule has 21 heavy (non-hydrogen) atoms. The summed E-state index contributed by atoms with van der Waals surface area (Å²) in [5, 5.41) is 2.59. The van der Waals surface area contributed by atoms with E-state index in [0.717, 1.165) is 25.3 Å². The van der Waals surface area contributed by atoms with Gasteiger partial charge in [-0.3, -0.25) is 9.69 Å². The molecule has 1 atom stereocenters. The zero-order valence-electron chi connectivity index (χ0n) is 11.7. The maximum atomic E-state index is 12.3. The summed E-state index contributed by atoms with van der Waals surface area (Å²) < 4.78 is 4.86. The third-order valence-corrected chi connectivity index (χ3v) is 6.17. The number of amides is 2. The molecule has 2 aliphatic rings. The third-order valence-electron chi connectivity index (χ3n) is 3.73. The minimum Gasteiger partial charge on any atom is -0.448 e. The molecule has 0 bridgehead atoms. The minimum absolute atomic E-state index is 0.0290. The normalized spacial score (nSPS) is 23.0. The predicted octanol–water partition coefficient (Wildman–Crippen LogP) is 2.21. The molecule has 0 saturated carbocycles. The van der Waals surface area contributed by atoms with Crippen LogP contribution in [0.5, 0.6) is 0 Å². The van der Waals surface area contributed by atoms with E-state index in [1.165, 1.54) is 9.78 Å². The lowest BCUT2D eigenvalue weighted by Gasteiger charge is -2.22. The molecule has 2 aliphatic heterocycles. The van der Waals surface area contributed by atoms with Crippen molar-refractivity contribution in [3.63, 3.8) is 0 Å². The Bertz CT molecular complexity index is 506. The molecule has 2 amide bonds. The van der Waals surface area contributed by atoms with E-state index >= 15 is 0 Å². The van der Waals surface area contributed by atoms with Gasteiger partial charge in [0.15, 0.2) is 0 Å². The van der Waals surface area contributed by atoms with Gasteiger partial charge >= 0.3 is 6.09 Å². The van der Waals surface area contributed by atoms with Gasteiger partial charge in [-0.05, 0) is 17.9 Å². The van der Waals surface area contributed by atoms with E-state index in [-0.39, 0.29) is 18.5 Å². The Kier molecular flexibility index (Phi) is 4.70. The third kappa shape index (κ3) is 3.52. The summed E-state index contributed by atoms with van der Waals surface area (Å²) in [4.78, 5) is 28.5. The molecule has 0 aliphatic carbocycles. The smallest absolute Gasteiger partial charge is 0.410 e. The number of rotatable bonds is 3. The number of hydrogen-bond donors (Lipinski definition) is 0. The first-order valence-electron chi connectivity index (χ1n) is 7.08. The fourth-order valence-electron chi connectivity index (χ4n) is 2.55. The van der Waals surface area contributed by atoms with Crippen molar-refractivity contribution in [2.75, 3.05) is 38.5 Å². The Labute approximate surface area is 132 Å². The molecule has 1 aromatic heterocycles. The highest BCUT2D eigenvalue weighted by molar-refractivity contribution is 7.99. The fourth-order valence-corrected chi connectivity index (χ4v) is 4.79. The van der Waals surface area contributed by atoms with Crippen LogP contribution in [0.3, 0.4) is 0 Å². The van der Waals surface area contributed by atoms with Crippen molar-refractivity contribution >= 4 is 35.1 Å². The SMILES string of the molecule is O=C(CN1CCOC1=O)N1CCSC(c2cccs2)CC1. The zero-order chi connectivity index (χ0) is 14.7. The molecule has 2 fully saturated rings. The molecule has 1 unspecified atom stereocenters. The van der Waals surface area contributed by atoms with E-state index in [9.17, 15) is 9.59 Å².